The minimum Gasteiger partial charge on any atom is -0.392 e. The van der Waals surface area contributed by atoms with E-state index in [1.807, 2.05) is 47.6 Å². The highest BCUT2D eigenvalue weighted by Gasteiger charge is 2.32. The molecule has 0 aliphatic rings. The van der Waals surface area contributed by atoms with Crippen LogP contribution in [0, 0.1) is 0 Å². The van der Waals surface area contributed by atoms with E-state index in [0.717, 1.165) is 24.8 Å². The number of allylic oxidation sites excluding steroid dienone is 3. The SMILES string of the molecule is C/C(=C\CO)CC/C=C(\C)CC[C@H](O)[C@@](C)(O)CCC[C@](C)(O)CCC[C@](C)(O)CCC[C@](C)(O)CCC[C@](C)(O)CCC[C@](C)(O)CCCC(C)(C)O. The second-order valence-electron chi connectivity index (χ2n) is 19.7. The van der Waals surface area contributed by atoms with Crippen molar-refractivity contribution in [3.63, 3.8) is 0 Å². The van der Waals surface area contributed by atoms with Gasteiger partial charge in [0.05, 0.1) is 51.9 Å². The Morgan fingerprint density at radius 3 is 1.06 bits per heavy atom. The highest BCUT2D eigenvalue weighted by Crippen LogP contribution is 2.32. The predicted octanol–water partition coefficient (Wildman–Crippen LogP) is 8.09. The van der Waals surface area contributed by atoms with Gasteiger partial charge in [-0.05, 0) is 210 Å². The van der Waals surface area contributed by atoms with E-state index in [-0.39, 0.29) is 6.61 Å². The van der Waals surface area contributed by atoms with Gasteiger partial charge in [0.15, 0.2) is 0 Å². The van der Waals surface area contributed by atoms with Gasteiger partial charge in [0.2, 0.25) is 0 Å². The summed E-state index contributed by atoms with van der Waals surface area (Å²) in [6.07, 6.45) is 16.5. The third-order valence-corrected chi connectivity index (χ3v) is 11.6. The summed E-state index contributed by atoms with van der Waals surface area (Å²) in [5.41, 5.74) is -4.13. The normalized spacial score (nSPS) is 20.6. The van der Waals surface area contributed by atoms with Gasteiger partial charge in [-0.15, -0.1) is 0 Å². The number of aliphatic hydroxyl groups excluding tert-OH is 2. The predicted molar refractivity (Wildman–Crippen MR) is 222 cm³/mol. The smallest absolute Gasteiger partial charge is 0.0877 e. The molecule has 0 spiro atoms. The van der Waals surface area contributed by atoms with Crippen molar-refractivity contribution in [2.45, 2.75) is 256 Å². The minimum absolute atomic E-state index is 0.0538. The van der Waals surface area contributed by atoms with Crippen LogP contribution in [0.3, 0.4) is 0 Å². The molecule has 9 N–H and O–H groups in total. The Labute approximate surface area is 331 Å². The first kappa shape index (κ1) is 53.1. The van der Waals surface area contributed by atoms with Gasteiger partial charge in [0.25, 0.3) is 0 Å². The van der Waals surface area contributed by atoms with Crippen molar-refractivity contribution >= 4 is 0 Å². The van der Waals surface area contributed by atoms with E-state index >= 15 is 0 Å². The van der Waals surface area contributed by atoms with E-state index < -0.39 is 45.3 Å². The van der Waals surface area contributed by atoms with Crippen LogP contribution in [0.4, 0.5) is 0 Å². The quantitative estimate of drug-likeness (QED) is 0.0305. The maximum Gasteiger partial charge on any atom is 0.0877 e. The largest absolute Gasteiger partial charge is 0.392 e. The molecular weight excluding hydrogens is 684 g/mol. The lowest BCUT2D eigenvalue weighted by Crippen LogP contribution is -2.39. The molecule has 0 heterocycles. The summed E-state index contributed by atoms with van der Waals surface area (Å²) in [6.45, 7) is 18.3. The summed E-state index contributed by atoms with van der Waals surface area (Å²) >= 11 is 0. The Morgan fingerprint density at radius 1 is 0.444 bits per heavy atom. The van der Waals surface area contributed by atoms with Gasteiger partial charge in [0, 0.05) is 0 Å². The third-order valence-electron chi connectivity index (χ3n) is 11.6. The van der Waals surface area contributed by atoms with Crippen LogP contribution >= 0.6 is 0 Å². The van der Waals surface area contributed by atoms with E-state index in [1.165, 1.54) is 5.57 Å². The minimum atomic E-state index is -1.25. The van der Waals surface area contributed by atoms with Crippen LogP contribution in [-0.2, 0) is 0 Å². The van der Waals surface area contributed by atoms with Gasteiger partial charge < -0.3 is 46.0 Å². The summed E-state index contributed by atoms with van der Waals surface area (Å²) < 4.78 is 0. The maximum atomic E-state index is 11.0. The van der Waals surface area contributed by atoms with E-state index in [9.17, 15) is 40.9 Å². The molecule has 0 radical (unpaired) electrons. The zero-order chi connectivity index (χ0) is 41.9. The Hall–Kier alpha value is -0.880. The topological polar surface area (TPSA) is 182 Å². The first-order valence-corrected chi connectivity index (χ1v) is 21.2. The molecule has 0 unspecified atom stereocenters. The standard InChI is InChI=1S/C45H88O9/c1-36(18-11-19-37(2)22-35-46)20-21-38(47)45(10,54)34-17-33-44(9,53)32-16-31-43(8,52)30-15-29-42(7,51)28-14-27-41(6,50)26-13-25-40(5,49)24-12-23-39(3,4)48/h18,22,38,46-54H,11-17,19-21,23-35H2,1-10H3/b36-18+,37-22+/t38-,40+,41+,42+,43+,44+,45-/m0/s1. The van der Waals surface area contributed by atoms with Crippen LogP contribution in [0.5, 0.6) is 0 Å². The number of hydrogen-bond donors (Lipinski definition) is 9. The first-order valence-electron chi connectivity index (χ1n) is 21.2. The highest BCUT2D eigenvalue weighted by molar-refractivity contribution is 5.04. The number of rotatable bonds is 32. The summed E-state index contributed by atoms with van der Waals surface area (Å²) in [4.78, 5) is 0. The average molecular weight is 773 g/mol. The molecule has 0 aliphatic carbocycles. The van der Waals surface area contributed by atoms with Crippen molar-refractivity contribution < 1.29 is 46.0 Å². The van der Waals surface area contributed by atoms with Gasteiger partial charge in [0.1, 0.15) is 0 Å². The zero-order valence-electron chi connectivity index (χ0n) is 36.5. The summed E-state index contributed by atoms with van der Waals surface area (Å²) in [7, 11) is 0. The molecule has 9 heteroatoms. The van der Waals surface area contributed by atoms with Crippen molar-refractivity contribution in [3.05, 3.63) is 23.3 Å². The van der Waals surface area contributed by atoms with Gasteiger partial charge >= 0.3 is 0 Å². The molecule has 322 valence electrons. The second-order valence-corrected chi connectivity index (χ2v) is 19.7. The molecule has 7 atom stereocenters. The van der Waals surface area contributed by atoms with Crippen molar-refractivity contribution in [2.24, 2.45) is 0 Å². The van der Waals surface area contributed by atoms with Crippen LogP contribution in [0.2, 0.25) is 0 Å². The number of hydrogen-bond acceptors (Lipinski definition) is 9. The summed E-state index contributed by atoms with van der Waals surface area (Å²) in [6, 6.07) is 0. The lowest BCUT2D eigenvalue weighted by atomic mass is 9.83. The maximum absolute atomic E-state index is 11.0. The molecule has 0 saturated carbocycles. The van der Waals surface area contributed by atoms with E-state index in [1.54, 1.807) is 27.7 Å². The lowest BCUT2D eigenvalue weighted by Gasteiger charge is -2.32. The van der Waals surface area contributed by atoms with Gasteiger partial charge in [-0.2, -0.15) is 0 Å². The average Bonchev–Trinajstić information content (AvgIpc) is 2.98. The van der Waals surface area contributed by atoms with Crippen LogP contribution in [0.1, 0.15) is 210 Å². The molecule has 0 aromatic heterocycles. The van der Waals surface area contributed by atoms with Crippen LogP contribution < -0.4 is 0 Å². The van der Waals surface area contributed by atoms with Crippen molar-refractivity contribution in [1.29, 1.82) is 0 Å². The van der Waals surface area contributed by atoms with Crippen LogP contribution in [-0.4, -0.2) is 97.9 Å². The molecule has 0 fully saturated rings. The molecule has 0 aliphatic heterocycles. The van der Waals surface area contributed by atoms with Crippen LogP contribution in [0.25, 0.3) is 0 Å². The Balaban J connectivity index is 4.45. The fourth-order valence-corrected chi connectivity index (χ4v) is 7.50. The lowest BCUT2D eigenvalue weighted by molar-refractivity contribution is -0.0746. The van der Waals surface area contributed by atoms with Gasteiger partial charge in [-0.1, -0.05) is 23.3 Å². The second kappa shape index (κ2) is 24.1. The molecule has 9 nitrogen and oxygen atoms in total. The molecule has 0 saturated heterocycles. The Bertz CT molecular complexity index is 1060. The fraction of sp³-hybridized carbons (Fsp3) is 0.911. The van der Waals surface area contributed by atoms with Crippen molar-refractivity contribution in [3.8, 4) is 0 Å². The van der Waals surface area contributed by atoms with Crippen molar-refractivity contribution in [2.75, 3.05) is 6.61 Å². The Kier molecular flexibility index (Phi) is 23.7. The van der Waals surface area contributed by atoms with Crippen molar-refractivity contribution in [1.82, 2.24) is 0 Å². The molecular formula is C45H88O9. The molecule has 0 aromatic rings. The number of aliphatic hydroxyl groups is 9. The summed E-state index contributed by atoms with van der Waals surface area (Å²) in [5, 5.41) is 95.2. The monoisotopic (exact) mass is 773 g/mol. The van der Waals surface area contributed by atoms with E-state index in [4.69, 9.17) is 5.11 Å². The van der Waals surface area contributed by atoms with Gasteiger partial charge in [-0.3, -0.25) is 0 Å². The molecule has 54 heavy (non-hydrogen) atoms. The van der Waals surface area contributed by atoms with E-state index in [0.29, 0.717) is 122 Å². The first-order chi connectivity index (χ1) is 24.5. The van der Waals surface area contributed by atoms with Gasteiger partial charge in [-0.25, -0.2) is 0 Å². The van der Waals surface area contributed by atoms with Crippen LogP contribution in [0.15, 0.2) is 23.3 Å². The third kappa shape index (κ3) is 28.5. The fourth-order valence-electron chi connectivity index (χ4n) is 7.50. The summed E-state index contributed by atoms with van der Waals surface area (Å²) in [5.74, 6) is 0. The zero-order valence-corrected chi connectivity index (χ0v) is 36.5. The molecule has 0 amide bonds. The van der Waals surface area contributed by atoms with E-state index in [2.05, 4.69) is 6.08 Å². The molecule has 0 aromatic carbocycles. The highest BCUT2D eigenvalue weighted by atomic mass is 16.3. The molecule has 0 rings (SSSR count). The Morgan fingerprint density at radius 2 is 0.741 bits per heavy atom. The molecule has 0 bridgehead atoms.